The van der Waals surface area contributed by atoms with Crippen LogP contribution < -0.4 is 14.8 Å². The normalized spacial score (nSPS) is 17.7. The van der Waals surface area contributed by atoms with Gasteiger partial charge in [-0.1, -0.05) is 17.7 Å². The van der Waals surface area contributed by atoms with Gasteiger partial charge in [-0.05, 0) is 57.0 Å². The van der Waals surface area contributed by atoms with Crippen molar-refractivity contribution in [3.63, 3.8) is 0 Å². The minimum atomic E-state index is -0.393. The highest BCUT2D eigenvalue weighted by Gasteiger charge is 2.23. The molecular weight excluding hydrogens is 480 g/mol. The third-order valence-electron chi connectivity index (χ3n) is 6.25. The highest BCUT2D eigenvalue weighted by Crippen LogP contribution is 2.35. The Balaban J connectivity index is 1.42. The van der Waals surface area contributed by atoms with Crippen LogP contribution >= 0.6 is 11.6 Å². The van der Waals surface area contributed by atoms with Crippen LogP contribution in [0.5, 0.6) is 17.4 Å². The smallest absolute Gasteiger partial charge is 0.255 e. The molecule has 2 atom stereocenters. The maximum Gasteiger partial charge on any atom is 0.255 e. The van der Waals surface area contributed by atoms with E-state index in [1.54, 1.807) is 24.0 Å². The lowest BCUT2D eigenvalue weighted by Crippen LogP contribution is -2.42. The Kier molecular flexibility index (Phi) is 6.89. The number of H-pyrrole nitrogens is 1. The van der Waals surface area contributed by atoms with E-state index in [1.165, 1.54) is 6.20 Å². The number of aromatic amines is 1. The zero-order valence-electron chi connectivity index (χ0n) is 20.3. The van der Waals surface area contributed by atoms with E-state index in [0.717, 1.165) is 48.6 Å². The molecule has 2 aromatic heterocycles. The van der Waals surface area contributed by atoms with Crippen molar-refractivity contribution in [1.29, 1.82) is 0 Å². The molecule has 5 rings (SSSR count). The van der Waals surface area contributed by atoms with Crippen molar-refractivity contribution in [3.8, 4) is 28.6 Å². The first-order chi connectivity index (χ1) is 17.4. The summed E-state index contributed by atoms with van der Waals surface area (Å²) in [6.07, 6.45) is 5.27. The van der Waals surface area contributed by atoms with Crippen molar-refractivity contribution in [2.45, 2.75) is 38.8 Å². The molecule has 3 aromatic rings. The fraction of sp³-hybridized carbons (Fsp3) is 0.333. The van der Waals surface area contributed by atoms with E-state index >= 15 is 0 Å². The predicted molar refractivity (Wildman–Crippen MR) is 138 cm³/mol. The zero-order valence-corrected chi connectivity index (χ0v) is 21.0. The summed E-state index contributed by atoms with van der Waals surface area (Å²) in [4.78, 5) is 22.0. The Hall–Kier alpha value is -3.49. The van der Waals surface area contributed by atoms with Gasteiger partial charge in [-0.25, -0.2) is 4.98 Å². The van der Waals surface area contributed by atoms with E-state index in [-0.39, 0.29) is 23.4 Å². The molecule has 0 bridgehead atoms. The number of hydrogen-bond acceptors (Lipinski definition) is 6. The van der Waals surface area contributed by atoms with Crippen molar-refractivity contribution in [2.24, 2.45) is 0 Å². The van der Waals surface area contributed by atoms with Crippen LogP contribution in [0.4, 0.5) is 0 Å². The number of nitrogens with one attached hydrogen (secondary N) is 2. The third-order valence-corrected chi connectivity index (χ3v) is 6.52. The molecule has 2 aliphatic heterocycles. The Morgan fingerprint density at radius 3 is 2.67 bits per heavy atom. The fourth-order valence-corrected chi connectivity index (χ4v) is 4.35. The standard InChI is InChI=1S/C27H29ClN4O4/c1-16-4-5-24(30-16)25-7-6-23(31-25)18-10-20(35-17(2)15-33)13-21(11-18)36-26-22(28)12-19(14-29-26)27(34)32-8-3-9-32/h5-7,10-14,16-17,30-31,33H,3-4,8-9,15H2,1-2H3/t16-,17-/m0/s1. The van der Waals surface area contributed by atoms with Gasteiger partial charge in [0, 0.05) is 42.7 Å². The maximum atomic E-state index is 12.5. The molecule has 1 amide bonds. The first kappa shape index (κ1) is 24.2. The molecule has 3 N–H and O–H groups in total. The summed E-state index contributed by atoms with van der Waals surface area (Å²) in [6.45, 7) is 5.32. The van der Waals surface area contributed by atoms with Crippen LogP contribution in [0.2, 0.25) is 5.02 Å². The predicted octanol–water partition coefficient (Wildman–Crippen LogP) is 4.85. The van der Waals surface area contributed by atoms with Crippen LogP contribution in [0, 0.1) is 0 Å². The number of nitrogens with zero attached hydrogens (tertiary/aromatic N) is 2. The zero-order chi connectivity index (χ0) is 25.2. The van der Waals surface area contributed by atoms with Crippen molar-refractivity contribution in [3.05, 3.63) is 65.0 Å². The minimum absolute atomic E-state index is 0.0818. The second-order valence-corrected chi connectivity index (χ2v) is 9.65. The maximum absolute atomic E-state index is 12.5. The summed E-state index contributed by atoms with van der Waals surface area (Å²) in [6, 6.07) is 11.5. The van der Waals surface area contributed by atoms with Crippen molar-refractivity contribution < 1.29 is 19.4 Å². The van der Waals surface area contributed by atoms with E-state index < -0.39 is 6.10 Å². The SMILES string of the molecule is C[C@H]1CC=C(c2ccc(-c3cc(Oc4ncc(C(=O)N5CCC5)cc4Cl)cc(O[C@@H](C)CO)c3)[nH]2)N1. The quantitative estimate of drug-likeness (QED) is 0.402. The number of pyridine rings is 1. The molecule has 0 saturated carbocycles. The summed E-state index contributed by atoms with van der Waals surface area (Å²) in [5, 5.41) is 13.2. The van der Waals surface area contributed by atoms with Crippen LogP contribution in [0.25, 0.3) is 17.0 Å². The number of amides is 1. The average Bonchev–Trinajstić information content (AvgIpc) is 3.48. The molecule has 2 aliphatic rings. The number of carbonyl (C=O) groups is 1. The number of halogens is 1. The molecule has 8 nitrogen and oxygen atoms in total. The van der Waals surface area contributed by atoms with Crippen LogP contribution in [0.1, 0.15) is 42.7 Å². The van der Waals surface area contributed by atoms with E-state index in [0.29, 0.717) is 23.1 Å². The van der Waals surface area contributed by atoms with Gasteiger partial charge in [0.25, 0.3) is 5.91 Å². The lowest BCUT2D eigenvalue weighted by molar-refractivity contribution is 0.0651. The number of likely N-dealkylation sites (tertiary alicyclic amines) is 1. The molecule has 1 fully saturated rings. The molecule has 0 unspecified atom stereocenters. The van der Waals surface area contributed by atoms with Crippen LogP contribution in [-0.4, -0.2) is 57.7 Å². The Bertz CT molecular complexity index is 1300. The molecular formula is C27H29ClN4O4. The number of hydrogen-bond donors (Lipinski definition) is 3. The topological polar surface area (TPSA) is 99.7 Å². The Labute approximate surface area is 214 Å². The van der Waals surface area contributed by atoms with Gasteiger partial charge in [0.1, 0.15) is 22.6 Å². The van der Waals surface area contributed by atoms with E-state index in [1.807, 2.05) is 24.3 Å². The molecule has 188 valence electrons. The molecule has 1 saturated heterocycles. The summed E-state index contributed by atoms with van der Waals surface area (Å²) < 4.78 is 11.9. The first-order valence-electron chi connectivity index (χ1n) is 12.1. The Morgan fingerprint density at radius 1 is 1.22 bits per heavy atom. The molecule has 0 spiro atoms. The third kappa shape index (κ3) is 5.20. The van der Waals surface area contributed by atoms with Gasteiger partial charge in [-0.3, -0.25) is 4.79 Å². The highest BCUT2D eigenvalue weighted by atomic mass is 35.5. The Morgan fingerprint density at radius 2 is 2.00 bits per heavy atom. The van der Waals surface area contributed by atoms with Gasteiger partial charge in [0.05, 0.1) is 23.6 Å². The second-order valence-electron chi connectivity index (χ2n) is 9.25. The van der Waals surface area contributed by atoms with Crippen LogP contribution in [0.3, 0.4) is 0 Å². The van der Waals surface area contributed by atoms with Crippen LogP contribution in [-0.2, 0) is 0 Å². The average molecular weight is 509 g/mol. The molecule has 0 aliphatic carbocycles. The van der Waals surface area contributed by atoms with E-state index in [2.05, 4.69) is 28.3 Å². The van der Waals surface area contributed by atoms with Gasteiger partial charge in [-0.15, -0.1) is 0 Å². The summed E-state index contributed by atoms with van der Waals surface area (Å²) in [5.74, 6) is 1.11. The van der Waals surface area contributed by atoms with Gasteiger partial charge >= 0.3 is 0 Å². The van der Waals surface area contributed by atoms with Gasteiger partial charge in [0.2, 0.25) is 5.88 Å². The van der Waals surface area contributed by atoms with E-state index in [4.69, 9.17) is 21.1 Å². The number of aromatic nitrogens is 2. The van der Waals surface area contributed by atoms with Gasteiger partial charge in [-0.2, -0.15) is 0 Å². The second kappa shape index (κ2) is 10.2. The van der Waals surface area contributed by atoms with E-state index in [9.17, 15) is 9.90 Å². The number of rotatable bonds is 8. The summed E-state index contributed by atoms with van der Waals surface area (Å²) in [7, 11) is 0. The minimum Gasteiger partial charge on any atom is -0.488 e. The highest BCUT2D eigenvalue weighted by molar-refractivity contribution is 6.32. The van der Waals surface area contributed by atoms with Crippen molar-refractivity contribution >= 4 is 23.2 Å². The molecule has 36 heavy (non-hydrogen) atoms. The molecule has 9 heteroatoms. The summed E-state index contributed by atoms with van der Waals surface area (Å²) in [5.41, 5.74) is 4.24. The van der Waals surface area contributed by atoms with Crippen LogP contribution in [0.15, 0.2) is 48.7 Å². The molecule has 4 heterocycles. The number of aliphatic hydroxyl groups is 1. The lowest BCUT2D eigenvalue weighted by atomic mass is 10.1. The van der Waals surface area contributed by atoms with Gasteiger partial charge < -0.3 is 29.8 Å². The van der Waals surface area contributed by atoms with Crippen molar-refractivity contribution in [2.75, 3.05) is 19.7 Å². The summed E-state index contributed by atoms with van der Waals surface area (Å²) >= 11 is 6.44. The number of benzene rings is 1. The number of ether oxygens (including phenoxy) is 2. The molecule has 0 radical (unpaired) electrons. The first-order valence-corrected chi connectivity index (χ1v) is 12.5. The largest absolute Gasteiger partial charge is 0.488 e. The molecule has 1 aromatic carbocycles. The lowest BCUT2D eigenvalue weighted by Gasteiger charge is -2.30. The fourth-order valence-electron chi connectivity index (χ4n) is 4.14. The monoisotopic (exact) mass is 508 g/mol. The van der Waals surface area contributed by atoms with Gasteiger partial charge in [0.15, 0.2) is 0 Å². The number of aliphatic hydroxyl groups excluding tert-OH is 1. The van der Waals surface area contributed by atoms with Crippen molar-refractivity contribution in [1.82, 2.24) is 20.2 Å². The number of carbonyl (C=O) groups excluding carboxylic acids is 1.